The zero-order valence-corrected chi connectivity index (χ0v) is 18.6. The van der Waals surface area contributed by atoms with Crippen LogP contribution in [0.2, 0.25) is 0 Å². The van der Waals surface area contributed by atoms with Crippen molar-refractivity contribution in [3.8, 4) is 0 Å². The lowest BCUT2D eigenvalue weighted by atomic mass is 10.1. The van der Waals surface area contributed by atoms with Gasteiger partial charge in [-0.3, -0.25) is 4.79 Å². The van der Waals surface area contributed by atoms with E-state index in [1.54, 1.807) is 0 Å². The molecular weight excluding hydrogens is 398 g/mol. The number of aromatic nitrogens is 1. The van der Waals surface area contributed by atoms with Gasteiger partial charge in [-0.25, -0.2) is 0 Å². The first kappa shape index (κ1) is 21.3. The fraction of sp³-hybridized carbons (Fsp3) is 0.565. The van der Waals surface area contributed by atoms with E-state index < -0.39 is 0 Å². The SMILES string of the molecule is Cc1cc(C)c2[nH]c(=O)c(CN(C[C@H]3CCCO3)C(=S)NC[C@@H]3CCCO3)cc2c1. The Morgan fingerprint density at radius 1 is 1.17 bits per heavy atom. The number of nitrogens with zero attached hydrogens (tertiary/aromatic N) is 1. The van der Waals surface area contributed by atoms with Crippen LogP contribution in [0.25, 0.3) is 10.9 Å². The van der Waals surface area contributed by atoms with Gasteiger partial charge < -0.3 is 24.7 Å². The minimum atomic E-state index is -0.0614. The van der Waals surface area contributed by atoms with Gasteiger partial charge in [-0.2, -0.15) is 0 Å². The van der Waals surface area contributed by atoms with Crippen molar-refractivity contribution < 1.29 is 9.47 Å². The standard InChI is InChI=1S/C23H31N3O3S/c1-15-9-16(2)21-17(10-15)11-18(22(27)25-21)13-26(14-20-6-4-8-29-20)23(30)24-12-19-5-3-7-28-19/h9-11,19-20H,3-8,12-14H2,1-2H3,(H,24,30)(H,25,27)/t19-,20+/m0/s1. The Morgan fingerprint density at radius 3 is 2.60 bits per heavy atom. The van der Waals surface area contributed by atoms with E-state index in [2.05, 4.69) is 34.3 Å². The van der Waals surface area contributed by atoms with Crippen molar-refractivity contribution in [2.24, 2.45) is 0 Å². The number of pyridine rings is 1. The van der Waals surface area contributed by atoms with E-state index in [-0.39, 0.29) is 17.8 Å². The largest absolute Gasteiger partial charge is 0.376 e. The number of H-pyrrole nitrogens is 1. The third-order valence-electron chi connectivity index (χ3n) is 5.97. The predicted molar refractivity (Wildman–Crippen MR) is 123 cm³/mol. The molecule has 0 radical (unpaired) electrons. The average Bonchev–Trinajstić information content (AvgIpc) is 3.41. The monoisotopic (exact) mass is 429 g/mol. The molecule has 162 valence electrons. The van der Waals surface area contributed by atoms with Gasteiger partial charge in [0.2, 0.25) is 0 Å². The van der Waals surface area contributed by atoms with Crippen molar-refractivity contribution in [2.45, 2.75) is 58.3 Å². The summed E-state index contributed by atoms with van der Waals surface area (Å²) in [7, 11) is 0. The van der Waals surface area contributed by atoms with Crippen LogP contribution in [0.1, 0.15) is 42.4 Å². The first-order valence-corrected chi connectivity index (χ1v) is 11.3. The highest BCUT2D eigenvalue weighted by molar-refractivity contribution is 7.80. The third kappa shape index (κ3) is 5.02. The molecule has 0 amide bonds. The van der Waals surface area contributed by atoms with Crippen molar-refractivity contribution in [1.29, 1.82) is 0 Å². The van der Waals surface area contributed by atoms with Crippen LogP contribution in [0, 0.1) is 13.8 Å². The molecule has 3 heterocycles. The van der Waals surface area contributed by atoms with Crippen LogP contribution in [0.3, 0.4) is 0 Å². The Labute approximate surface area is 182 Å². The molecule has 1 aromatic heterocycles. The molecule has 0 spiro atoms. The van der Waals surface area contributed by atoms with Crippen molar-refractivity contribution in [3.63, 3.8) is 0 Å². The maximum Gasteiger partial charge on any atom is 0.253 e. The molecule has 2 saturated heterocycles. The highest BCUT2D eigenvalue weighted by Gasteiger charge is 2.23. The zero-order valence-electron chi connectivity index (χ0n) is 17.8. The maximum atomic E-state index is 12.8. The number of aromatic amines is 1. The lowest BCUT2D eigenvalue weighted by Crippen LogP contribution is -2.45. The van der Waals surface area contributed by atoms with Crippen molar-refractivity contribution in [3.05, 3.63) is 45.2 Å². The number of nitrogens with one attached hydrogen (secondary N) is 2. The maximum absolute atomic E-state index is 12.8. The number of hydrogen-bond acceptors (Lipinski definition) is 4. The average molecular weight is 430 g/mol. The molecule has 6 nitrogen and oxygen atoms in total. The third-order valence-corrected chi connectivity index (χ3v) is 6.37. The van der Waals surface area contributed by atoms with E-state index in [1.165, 1.54) is 5.56 Å². The number of fused-ring (bicyclic) bond motifs is 1. The van der Waals surface area contributed by atoms with Crippen LogP contribution in [0.15, 0.2) is 23.0 Å². The van der Waals surface area contributed by atoms with Crippen LogP contribution in [0.5, 0.6) is 0 Å². The smallest absolute Gasteiger partial charge is 0.253 e. The lowest BCUT2D eigenvalue weighted by molar-refractivity contribution is 0.0885. The molecule has 0 unspecified atom stereocenters. The number of hydrogen-bond donors (Lipinski definition) is 2. The predicted octanol–water partition coefficient (Wildman–Crippen LogP) is 3.18. The number of benzene rings is 1. The Kier molecular flexibility index (Phi) is 6.71. The molecule has 2 aromatic rings. The van der Waals surface area contributed by atoms with Crippen molar-refractivity contribution in [1.82, 2.24) is 15.2 Å². The number of ether oxygens (including phenoxy) is 2. The van der Waals surface area contributed by atoms with Gasteiger partial charge in [0.1, 0.15) is 0 Å². The zero-order chi connectivity index (χ0) is 21.1. The van der Waals surface area contributed by atoms with Crippen LogP contribution >= 0.6 is 12.2 Å². The number of rotatable bonds is 6. The summed E-state index contributed by atoms with van der Waals surface area (Å²) in [6.45, 7) is 7.56. The quantitative estimate of drug-likeness (QED) is 0.688. The van der Waals surface area contributed by atoms with E-state index in [1.807, 2.05) is 13.0 Å². The summed E-state index contributed by atoms with van der Waals surface area (Å²) in [4.78, 5) is 18.0. The normalized spacial score (nSPS) is 21.3. The van der Waals surface area contributed by atoms with Gasteiger partial charge in [0.15, 0.2) is 5.11 Å². The van der Waals surface area contributed by atoms with Gasteiger partial charge in [0, 0.05) is 31.9 Å². The molecule has 0 bridgehead atoms. The summed E-state index contributed by atoms with van der Waals surface area (Å²) in [5.41, 5.74) is 3.82. The number of thiocarbonyl (C=S) groups is 1. The van der Waals surface area contributed by atoms with Gasteiger partial charge in [0.25, 0.3) is 5.56 Å². The second-order valence-corrected chi connectivity index (χ2v) is 8.89. The summed E-state index contributed by atoms with van der Waals surface area (Å²) in [6, 6.07) is 6.20. The molecule has 7 heteroatoms. The van der Waals surface area contributed by atoms with E-state index in [4.69, 9.17) is 21.7 Å². The van der Waals surface area contributed by atoms with E-state index in [0.717, 1.165) is 55.4 Å². The van der Waals surface area contributed by atoms with Gasteiger partial charge in [0.05, 0.1) is 24.3 Å². The first-order valence-electron chi connectivity index (χ1n) is 10.9. The second-order valence-electron chi connectivity index (χ2n) is 8.51. The van der Waals surface area contributed by atoms with E-state index in [0.29, 0.717) is 30.3 Å². The Bertz CT molecular complexity index is 962. The summed E-state index contributed by atoms with van der Waals surface area (Å²) >= 11 is 5.72. The fourth-order valence-electron chi connectivity index (χ4n) is 4.43. The molecule has 2 atom stereocenters. The Hall–Kier alpha value is -1.96. The topological polar surface area (TPSA) is 66.6 Å². The minimum absolute atomic E-state index is 0.0614. The summed E-state index contributed by atoms with van der Waals surface area (Å²) in [5.74, 6) is 0. The molecule has 2 N–H and O–H groups in total. The van der Waals surface area contributed by atoms with Crippen LogP contribution in [0.4, 0.5) is 0 Å². The van der Waals surface area contributed by atoms with Gasteiger partial charge in [-0.1, -0.05) is 11.6 Å². The molecule has 4 rings (SSSR count). The molecule has 1 aromatic carbocycles. The molecule has 0 aliphatic carbocycles. The highest BCUT2D eigenvalue weighted by atomic mass is 32.1. The second kappa shape index (κ2) is 9.45. The van der Waals surface area contributed by atoms with Gasteiger partial charge in [-0.15, -0.1) is 0 Å². The molecule has 2 aliphatic rings. The van der Waals surface area contributed by atoms with Gasteiger partial charge >= 0.3 is 0 Å². The molecular formula is C23H31N3O3S. The first-order chi connectivity index (χ1) is 14.5. The van der Waals surface area contributed by atoms with E-state index >= 15 is 0 Å². The molecule has 0 saturated carbocycles. The summed E-state index contributed by atoms with van der Waals surface area (Å²) in [5, 5.41) is 5.07. The molecule has 2 aliphatic heterocycles. The van der Waals surface area contributed by atoms with Crippen molar-refractivity contribution in [2.75, 3.05) is 26.3 Å². The van der Waals surface area contributed by atoms with Gasteiger partial charge in [-0.05, 0) is 74.8 Å². The molecule has 30 heavy (non-hydrogen) atoms. The van der Waals surface area contributed by atoms with Crippen molar-refractivity contribution >= 4 is 28.2 Å². The molecule has 2 fully saturated rings. The van der Waals surface area contributed by atoms with Crippen LogP contribution in [-0.2, 0) is 16.0 Å². The Morgan fingerprint density at radius 2 is 1.90 bits per heavy atom. The minimum Gasteiger partial charge on any atom is -0.376 e. The lowest BCUT2D eigenvalue weighted by Gasteiger charge is -2.29. The van der Waals surface area contributed by atoms with Crippen LogP contribution < -0.4 is 10.9 Å². The Balaban J connectivity index is 1.54. The fourth-order valence-corrected chi connectivity index (χ4v) is 4.65. The summed E-state index contributed by atoms with van der Waals surface area (Å²) in [6.07, 6.45) is 4.62. The highest BCUT2D eigenvalue weighted by Crippen LogP contribution is 2.20. The summed E-state index contributed by atoms with van der Waals surface area (Å²) < 4.78 is 11.5. The number of aryl methyl sites for hydroxylation is 2. The van der Waals surface area contributed by atoms with Crippen LogP contribution in [-0.4, -0.2) is 53.5 Å². The van der Waals surface area contributed by atoms with E-state index in [9.17, 15) is 4.79 Å².